The molecule has 2 N–H and O–H groups in total. The molecule has 23 heavy (non-hydrogen) atoms. The summed E-state index contributed by atoms with van der Waals surface area (Å²) in [6.07, 6.45) is 5.29. The SMILES string of the molecule is CNc1c(Cl)ncnc1NCc1cccc(-c2cnn(C)c2)c1. The maximum Gasteiger partial charge on any atom is 0.157 e. The maximum atomic E-state index is 6.06. The van der Waals surface area contributed by atoms with Crippen molar-refractivity contribution >= 4 is 23.1 Å². The average molecular weight is 329 g/mol. The largest absolute Gasteiger partial charge is 0.383 e. The van der Waals surface area contributed by atoms with Gasteiger partial charge in [0.05, 0.1) is 6.20 Å². The van der Waals surface area contributed by atoms with Gasteiger partial charge in [-0.05, 0) is 17.2 Å². The number of aromatic nitrogens is 4. The molecule has 118 valence electrons. The van der Waals surface area contributed by atoms with E-state index in [1.54, 1.807) is 11.7 Å². The van der Waals surface area contributed by atoms with Gasteiger partial charge in [0.2, 0.25) is 0 Å². The fourth-order valence-corrected chi connectivity index (χ4v) is 2.56. The van der Waals surface area contributed by atoms with E-state index in [1.807, 2.05) is 25.5 Å². The molecule has 0 saturated carbocycles. The Morgan fingerprint density at radius 3 is 2.83 bits per heavy atom. The highest BCUT2D eigenvalue weighted by Crippen LogP contribution is 2.26. The lowest BCUT2D eigenvalue weighted by molar-refractivity contribution is 0.768. The molecule has 0 spiro atoms. The smallest absolute Gasteiger partial charge is 0.157 e. The Balaban J connectivity index is 1.78. The summed E-state index contributed by atoms with van der Waals surface area (Å²) in [7, 11) is 3.70. The van der Waals surface area contributed by atoms with Crippen molar-refractivity contribution in [2.45, 2.75) is 6.54 Å². The number of hydrogen-bond acceptors (Lipinski definition) is 5. The number of anilines is 2. The van der Waals surface area contributed by atoms with E-state index < -0.39 is 0 Å². The average Bonchev–Trinajstić information content (AvgIpc) is 3.00. The van der Waals surface area contributed by atoms with Gasteiger partial charge in [-0.3, -0.25) is 4.68 Å². The third kappa shape index (κ3) is 3.43. The molecule has 0 bridgehead atoms. The molecule has 2 aromatic heterocycles. The normalized spacial score (nSPS) is 10.6. The van der Waals surface area contributed by atoms with E-state index in [4.69, 9.17) is 11.6 Å². The Bertz CT molecular complexity index is 814. The molecular weight excluding hydrogens is 312 g/mol. The van der Waals surface area contributed by atoms with Crippen LogP contribution in [0.2, 0.25) is 5.15 Å². The second-order valence-corrected chi connectivity index (χ2v) is 5.45. The lowest BCUT2D eigenvalue weighted by Gasteiger charge is -2.11. The number of rotatable bonds is 5. The third-order valence-electron chi connectivity index (χ3n) is 3.48. The molecule has 0 aliphatic heterocycles. The van der Waals surface area contributed by atoms with Gasteiger partial charge >= 0.3 is 0 Å². The topological polar surface area (TPSA) is 67.7 Å². The summed E-state index contributed by atoms with van der Waals surface area (Å²) in [5.74, 6) is 0.680. The van der Waals surface area contributed by atoms with Gasteiger partial charge in [-0.15, -0.1) is 0 Å². The first-order valence-corrected chi connectivity index (χ1v) is 7.55. The molecule has 0 atom stereocenters. The maximum absolute atomic E-state index is 6.06. The van der Waals surface area contributed by atoms with E-state index in [9.17, 15) is 0 Å². The highest BCUT2D eigenvalue weighted by Gasteiger charge is 2.08. The first kappa shape index (κ1) is 15.3. The zero-order valence-electron chi connectivity index (χ0n) is 12.9. The predicted molar refractivity (Wildman–Crippen MR) is 92.6 cm³/mol. The van der Waals surface area contributed by atoms with E-state index in [0.717, 1.165) is 16.7 Å². The summed E-state index contributed by atoms with van der Waals surface area (Å²) >= 11 is 6.06. The van der Waals surface area contributed by atoms with E-state index in [0.29, 0.717) is 23.2 Å². The van der Waals surface area contributed by atoms with Crippen LogP contribution in [0.25, 0.3) is 11.1 Å². The summed E-state index contributed by atoms with van der Waals surface area (Å²) in [6.45, 7) is 0.635. The number of benzene rings is 1. The summed E-state index contributed by atoms with van der Waals surface area (Å²) in [4.78, 5) is 8.19. The molecule has 3 aromatic rings. The van der Waals surface area contributed by atoms with Crippen LogP contribution < -0.4 is 10.6 Å². The van der Waals surface area contributed by atoms with Crippen molar-refractivity contribution in [3.05, 3.63) is 53.7 Å². The van der Waals surface area contributed by atoms with Gasteiger partial charge in [-0.2, -0.15) is 5.10 Å². The quantitative estimate of drug-likeness (QED) is 0.704. The first-order valence-electron chi connectivity index (χ1n) is 7.17. The van der Waals surface area contributed by atoms with E-state index in [-0.39, 0.29) is 0 Å². The number of hydrogen-bond donors (Lipinski definition) is 2. The van der Waals surface area contributed by atoms with Crippen LogP contribution in [0.3, 0.4) is 0 Å². The molecular formula is C16H17ClN6. The summed E-state index contributed by atoms with van der Waals surface area (Å²) < 4.78 is 1.79. The lowest BCUT2D eigenvalue weighted by Crippen LogP contribution is -2.06. The molecule has 7 heteroatoms. The molecule has 3 rings (SSSR count). The zero-order valence-corrected chi connectivity index (χ0v) is 13.7. The van der Waals surface area contributed by atoms with Crippen LogP contribution in [0.15, 0.2) is 43.0 Å². The van der Waals surface area contributed by atoms with Crippen LogP contribution in [-0.2, 0) is 13.6 Å². The minimum absolute atomic E-state index is 0.397. The monoisotopic (exact) mass is 328 g/mol. The zero-order chi connectivity index (χ0) is 16.2. The third-order valence-corrected chi connectivity index (χ3v) is 3.76. The molecule has 6 nitrogen and oxygen atoms in total. The lowest BCUT2D eigenvalue weighted by atomic mass is 10.1. The van der Waals surface area contributed by atoms with Crippen LogP contribution in [-0.4, -0.2) is 26.8 Å². The van der Waals surface area contributed by atoms with E-state index in [1.165, 1.54) is 6.33 Å². The van der Waals surface area contributed by atoms with Gasteiger partial charge < -0.3 is 10.6 Å². The minimum Gasteiger partial charge on any atom is -0.383 e. The van der Waals surface area contributed by atoms with Crippen LogP contribution in [0.1, 0.15) is 5.56 Å². The predicted octanol–water partition coefficient (Wildman–Crippen LogP) is 3.18. The molecule has 0 aliphatic carbocycles. The number of nitrogens with one attached hydrogen (secondary N) is 2. The van der Waals surface area contributed by atoms with Crippen molar-refractivity contribution in [3.8, 4) is 11.1 Å². The Morgan fingerprint density at radius 2 is 2.09 bits per heavy atom. The van der Waals surface area contributed by atoms with Gasteiger partial charge in [-0.25, -0.2) is 9.97 Å². The van der Waals surface area contributed by atoms with Gasteiger partial charge in [0, 0.05) is 32.4 Å². The fraction of sp³-hybridized carbons (Fsp3) is 0.188. The van der Waals surface area contributed by atoms with Crippen molar-refractivity contribution < 1.29 is 0 Å². The molecule has 0 aliphatic rings. The first-order chi connectivity index (χ1) is 11.2. The molecule has 0 unspecified atom stereocenters. The highest BCUT2D eigenvalue weighted by atomic mass is 35.5. The van der Waals surface area contributed by atoms with Crippen molar-refractivity contribution in [2.24, 2.45) is 7.05 Å². The van der Waals surface area contributed by atoms with Crippen molar-refractivity contribution in [3.63, 3.8) is 0 Å². The summed E-state index contributed by atoms with van der Waals surface area (Å²) in [6, 6.07) is 8.30. The van der Waals surface area contributed by atoms with E-state index in [2.05, 4.69) is 43.9 Å². The molecule has 2 heterocycles. The molecule has 0 amide bonds. The Kier molecular flexibility index (Phi) is 4.43. The van der Waals surface area contributed by atoms with Crippen LogP contribution in [0, 0.1) is 0 Å². The number of aryl methyl sites for hydroxylation is 1. The standard InChI is InChI=1S/C16H17ClN6/c1-18-14-15(17)20-10-21-16(14)19-7-11-4-3-5-12(6-11)13-8-22-23(2)9-13/h3-6,8-10,18H,7H2,1-2H3,(H,19,20,21). The van der Waals surface area contributed by atoms with Crippen LogP contribution >= 0.6 is 11.6 Å². The Hall–Kier alpha value is -2.60. The summed E-state index contributed by atoms with van der Waals surface area (Å²) in [5, 5.41) is 10.9. The van der Waals surface area contributed by atoms with Gasteiger partial charge in [0.15, 0.2) is 11.0 Å². The highest BCUT2D eigenvalue weighted by molar-refractivity contribution is 6.32. The van der Waals surface area contributed by atoms with Crippen molar-refractivity contribution in [1.82, 2.24) is 19.7 Å². The molecule has 1 aromatic carbocycles. The second-order valence-electron chi connectivity index (χ2n) is 5.09. The Labute approximate surface area is 139 Å². The van der Waals surface area contributed by atoms with Crippen molar-refractivity contribution in [2.75, 3.05) is 17.7 Å². The van der Waals surface area contributed by atoms with Crippen LogP contribution in [0.5, 0.6) is 0 Å². The molecule has 0 saturated heterocycles. The second kappa shape index (κ2) is 6.66. The molecule has 0 fully saturated rings. The van der Waals surface area contributed by atoms with Crippen molar-refractivity contribution in [1.29, 1.82) is 0 Å². The minimum atomic E-state index is 0.397. The van der Waals surface area contributed by atoms with Gasteiger partial charge in [0.25, 0.3) is 0 Å². The fourth-order valence-electron chi connectivity index (χ4n) is 2.34. The summed E-state index contributed by atoms with van der Waals surface area (Å²) in [5.41, 5.74) is 4.06. The molecule has 0 radical (unpaired) electrons. The van der Waals surface area contributed by atoms with E-state index >= 15 is 0 Å². The van der Waals surface area contributed by atoms with Crippen LogP contribution in [0.4, 0.5) is 11.5 Å². The number of halogens is 1. The van der Waals surface area contributed by atoms with Gasteiger partial charge in [0.1, 0.15) is 12.0 Å². The Morgan fingerprint density at radius 1 is 1.22 bits per heavy atom. The van der Waals surface area contributed by atoms with Gasteiger partial charge in [-0.1, -0.05) is 29.8 Å². The number of nitrogens with zero attached hydrogens (tertiary/aromatic N) is 4.